The molecule has 1 aromatic heterocycles. The Morgan fingerprint density at radius 2 is 1.93 bits per heavy atom. The van der Waals surface area contributed by atoms with Crippen LogP contribution in [0.2, 0.25) is 0 Å². The first-order valence-electron chi connectivity index (χ1n) is 10.2. The van der Waals surface area contributed by atoms with Crippen molar-refractivity contribution in [1.82, 2.24) is 9.21 Å². The first-order chi connectivity index (χ1) is 14.1. The number of hydrogen-bond acceptors (Lipinski definition) is 5. The first-order valence-corrected chi connectivity index (χ1v) is 12.5. The van der Waals surface area contributed by atoms with Gasteiger partial charge in [0, 0.05) is 31.1 Å². The summed E-state index contributed by atoms with van der Waals surface area (Å²) in [6.07, 6.45) is 5.86. The summed E-state index contributed by atoms with van der Waals surface area (Å²) in [5.74, 6) is 0.138. The van der Waals surface area contributed by atoms with Crippen LogP contribution in [0.25, 0.3) is 6.08 Å². The molecule has 29 heavy (non-hydrogen) atoms. The maximum atomic E-state index is 13.2. The monoisotopic (exact) mass is 432 g/mol. The molecule has 0 unspecified atom stereocenters. The van der Waals surface area contributed by atoms with E-state index in [4.69, 9.17) is 0 Å². The van der Waals surface area contributed by atoms with Gasteiger partial charge in [-0.1, -0.05) is 42.5 Å². The van der Waals surface area contributed by atoms with E-state index in [2.05, 4.69) is 35.2 Å². The molecule has 2 saturated heterocycles. The molecular formula is C22H28N2O3S2. The highest BCUT2D eigenvalue weighted by Gasteiger charge is 2.50. The Morgan fingerprint density at radius 3 is 2.59 bits per heavy atom. The lowest BCUT2D eigenvalue weighted by Gasteiger charge is -2.57. The molecule has 4 rings (SSSR count). The van der Waals surface area contributed by atoms with Gasteiger partial charge in [0.25, 0.3) is 10.0 Å². The van der Waals surface area contributed by atoms with Gasteiger partial charge >= 0.3 is 0 Å². The van der Waals surface area contributed by atoms with E-state index in [-0.39, 0.29) is 24.6 Å². The Hall–Kier alpha value is -1.51. The molecule has 0 amide bonds. The number of sulfonamides is 1. The second-order valence-electron chi connectivity index (χ2n) is 7.75. The van der Waals surface area contributed by atoms with Crippen molar-refractivity contribution in [3.05, 3.63) is 59.0 Å². The normalized spacial score (nSPS) is 26.6. The van der Waals surface area contributed by atoms with E-state index >= 15 is 0 Å². The van der Waals surface area contributed by atoms with Crippen LogP contribution in [-0.4, -0.2) is 61.1 Å². The third-order valence-corrected chi connectivity index (χ3v) is 9.34. The number of hydrogen-bond donors (Lipinski definition) is 1. The van der Waals surface area contributed by atoms with Crippen LogP contribution >= 0.6 is 11.3 Å². The van der Waals surface area contributed by atoms with Crippen molar-refractivity contribution < 1.29 is 13.5 Å². The highest BCUT2D eigenvalue weighted by atomic mass is 32.2. The number of aliphatic hydroxyl groups excluding tert-OH is 1. The third-order valence-electron chi connectivity index (χ3n) is 6.10. The van der Waals surface area contributed by atoms with Gasteiger partial charge in [-0.25, -0.2) is 8.42 Å². The summed E-state index contributed by atoms with van der Waals surface area (Å²) in [6, 6.07) is 12.0. The maximum absolute atomic E-state index is 13.2. The standard InChI is InChI=1S/C22H28N2O3S2/c1-2-6-17-8-10-18(11-9-17)22-19-15-23(29(26,27)21-7-5-14-28-21)12-3-4-13-24(19)20(22)16-25/h2,5-11,14,19-20,22,25H,3-4,12-13,15-16H2,1H3/b6-2+/t19-,20+,22-/m0/s1. The highest BCUT2D eigenvalue weighted by Crippen LogP contribution is 2.42. The molecule has 7 heteroatoms. The number of aliphatic hydroxyl groups is 1. The van der Waals surface area contributed by atoms with Gasteiger partial charge in [-0.15, -0.1) is 11.3 Å². The van der Waals surface area contributed by atoms with Crippen molar-refractivity contribution >= 4 is 27.4 Å². The zero-order valence-corrected chi connectivity index (χ0v) is 18.3. The summed E-state index contributed by atoms with van der Waals surface area (Å²) >= 11 is 1.27. The highest BCUT2D eigenvalue weighted by molar-refractivity contribution is 7.91. The zero-order valence-electron chi connectivity index (χ0n) is 16.6. The number of thiophene rings is 1. The minimum atomic E-state index is -3.47. The van der Waals surface area contributed by atoms with Gasteiger partial charge in [-0.2, -0.15) is 4.31 Å². The van der Waals surface area contributed by atoms with Crippen LogP contribution in [0.1, 0.15) is 36.8 Å². The average Bonchev–Trinajstić information content (AvgIpc) is 3.24. The molecule has 156 valence electrons. The molecule has 0 aliphatic carbocycles. The van der Waals surface area contributed by atoms with Crippen molar-refractivity contribution in [2.24, 2.45) is 0 Å². The van der Waals surface area contributed by atoms with Crippen LogP contribution < -0.4 is 0 Å². The molecule has 2 aliphatic heterocycles. The first kappa shape index (κ1) is 20.8. The van der Waals surface area contributed by atoms with Gasteiger partial charge in [0.05, 0.1) is 6.61 Å². The average molecular weight is 433 g/mol. The molecule has 2 aromatic rings. The van der Waals surface area contributed by atoms with Crippen LogP contribution in [0, 0.1) is 0 Å². The predicted molar refractivity (Wildman–Crippen MR) is 118 cm³/mol. The van der Waals surface area contributed by atoms with E-state index in [1.165, 1.54) is 16.9 Å². The van der Waals surface area contributed by atoms with Crippen LogP contribution in [-0.2, 0) is 10.0 Å². The molecule has 1 aromatic carbocycles. The molecule has 5 nitrogen and oxygen atoms in total. The van der Waals surface area contributed by atoms with Crippen LogP contribution in [0.15, 0.2) is 52.1 Å². The SMILES string of the molecule is C/C=C/c1ccc([C@@H]2[C@@H](CO)N3CCCCN(S(=O)(=O)c4cccs4)C[C@@H]23)cc1. The van der Waals surface area contributed by atoms with Gasteiger partial charge in [0.15, 0.2) is 0 Å². The Kier molecular flexibility index (Phi) is 6.22. The van der Waals surface area contributed by atoms with Gasteiger partial charge < -0.3 is 5.11 Å². The topological polar surface area (TPSA) is 60.9 Å². The number of fused-ring (bicyclic) bond motifs is 1. The summed E-state index contributed by atoms with van der Waals surface area (Å²) in [4.78, 5) is 2.31. The number of allylic oxidation sites excluding steroid dienone is 1. The lowest BCUT2D eigenvalue weighted by molar-refractivity contribution is -0.0553. The molecule has 0 radical (unpaired) electrons. The second-order valence-corrected chi connectivity index (χ2v) is 10.9. The van der Waals surface area contributed by atoms with Crippen molar-refractivity contribution in [2.75, 3.05) is 26.2 Å². The summed E-state index contributed by atoms with van der Waals surface area (Å²) in [5, 5.41) is 11.9. The van der Waals surface area contributed by atoms with Crippen molar-refractivity contribution in [3.8, 4) is 0 Å². The fourth-order valence-corrected chi connectivity index (χ4v) is 7.33. The lowest BCUT2D eigenvalue weighted by Crippen LogP contribution is -2.67. The molecule has 0 spiro atoms. The fraction of sp³-hybridized carbons (Fsp3) is 0.455. The Balaban J connectivity index is 1.62. The Labute approximate surface area is 177 Å². The van der Waals surface area contributed by atoms with Crippen molar-refractivity contribution in [1.29, 1.82) is 0 Å². The van der Waals surface area contributed by atoms with Gasteiger partial charge in [0.1, 0.15) is 4.21 Å². The van der Waals surface area contributed by atoms with Crippen molar-refractivity contribution in [2.45, 2.75) is 42.0 Å². The van der Waals surface area contributed by atoms with E-state index in [0.29, 0.717) is 17.3 Å². The minimum absolute atomic E-state index is 0.0527. The molecular weight excluding hydrogens is 404 g/mol. The number of nitrogens with zero attached hydrogens (tertiary/aromatic N) is 2. The molecule has 0 bridgehead atoms. The van der Waals surface area contributed by atoms with Crippen LogP contribution in [0.3, 0.4) is 0 Å². The fourth-order valence-electron chi connectivity index (χ4n) is 4.69. The smallest absolute Gasteiger partial charge is 0.252 e. The van der Waals surface area contributed by atoms with E-state index in [1.54, 1.807) is 16.4 Å². The molecule has 3 heterocycles. The summed E-state index contributed by atoms with van der Waals surface area (Å²) < 4.78 is 28.4. The summed E-state index contributed by atoms with van der Waals surface area (Å²) in [6.45, 7) is 4.03. The van der Waals surface area contributed by atoms with E-state index in [1.807, 2.05) is 18.4 Å². The maximum Gasteiger partial charge on any atom is 0.252 e. The van der Waals surface area contributed by atoms with Crippen LogP contribution in [0.4, 0.5) is 0 Å². The van der Waals surface area contributed by atoms with Gasteiger partial charge in [-0.05, 0) is 48.9 Å². The van der Waals surface area contributed by atoms with Gasteiger partial charge in [0.2, 0.25) is 0 Å². The molecule has 1 N–H and O–H groups in total. The number of benzene rings is 1. The molecule has 2 aliphatic rings. The second kappa shape index (κ2) is 8.70. The Bertz CT molecular complexity index is 939. The lowest BCUT2D eigenvalue weighted by atomic mass is 9.74. The van der Waals surface area contributed by atoms with Crippen molar-refractivity contribution in [3.63, 3.8) is 0 Å². The van der Waals surface area contributed by atoms with Gasteiger partial charge in [-0.3, -0.25) is 4.90 Å². The van der Waals surface area contributed by atoms with Crippen LogP contribution in [0.5, 0.6) is 0 Å². The molecule has 2 fully saturated rings. The van der Waals surface area contributed by atoms with E-state index < -0.39 is 10.0 Å². The minimum Gasteiger partial charge on any atom is -0.395 e. The quantitative estimate of drug-likeness (QED) is 0.787. The third kappa shape index (κ3) is 3.94. The van der Waals surface area contributed by atoms with E-state index in [0.717, 1.165) is 24.9 Å². The molecule has 3 atom stereocenters. The Morgan fingerprint density at radius 1 is 1.17 bits per heavy atom. The summed E-state index contributed by atoms with van der Waals surface area (Å²) in [5.41, 5.74) is 2.32. The van der Waals surface area contributed by atoms with E-state index in [9.17, 15) is 13.5 Å². The predicted octanol–water partition coefficient (Wildman–Crippen LogP) is 3.39. The zero-order chi connectivity index (χ0) is 20.4. The number of rotatable bonds is 5. The molecule has 0 saturated carbocycles. The summed E-state index contributed by atoms with van der Waals surface area (Å²) in [7, 11) is -3.47. The largest absolute Gasteiger partial charge is 0.395 e.